The van der Waals surface area contributed by atoms with Crippen LogP contribution in [0, 0.1) is 6.92 Å². The number of aromatic nitrogens is 4. The van der Waals surface area contributed by atoms with E-state index in [9.17, 15) is 0 Å². The van der Waals surface area contributed by atoms with Crippen LogP contribution >= 0.6 is 0 Å². The van der Waals surface area contributed by atoms with Crippen LogP contribution in [-0.4, -0.2) is 19.7 Å². The number of rotatable bonds is 3. The zero-order chi connectivity index (χ0) is 16.4. The largest absolute Gasteiger partial charge is 0.252 e. The molecule has 2 heterocycles. The molecule has 4 heteroatoms. The Morgan fingerprint density at radius 1 is 0.833 bits per heavy atom. The minimum absolute atomic E-state index is 0.834. The van der Waals surface area contributed by atoms with Gasteiger partial charge in [-0.2, -0.15) is 5.10 Å². The molecule has 0 unspecified atom stereocenters. The topological polar surface area (TPSA) is 43.6 Å². The second kappa shape index (κ2) is 6.08. The predicted molar refractivity (Wildman–Crippen MR) is 96.8 cm³/mol. The number of benzene rings is 2. The molecule has 116 valence electrons. The Kier molecular flexibility index (Phi) is 3.63. The first-order valence-electron chi connectivity index (χ1n) is 7.81. The molecule has 4 rings (SSSR count). The molecular formula is C20H16N4. The van der Waals surface area contributed by atoms with Gasteiger partial charge in [0.15, 0.2) is 0 Å². The van der Waals surface area contributed by atoms with E-state index in [1.165, 1.54) is 0 Å². The van der Waals surface area contributed by atoms with E-state index in [4.69, 9.17) is 0 Å². The zero-order valence-electron chi connectivity index (χ0n) is 13.3. The van der Waals surface area contributed by atoms with Crippen molar-refractivity contribution in [2.75, 3.05) is 0 Å². The number of fused-ring (bicyclic) bond motifs is 1. The Morgan fingerprint density at radius 2 is 1.58 bits per heavy atom. The summed E-state index contributed by atoms with van der Waals surface area (Å²) >= 11 is 0. The number of hydrogen-bond acceptors (Lipinski definition) is 3. The van der Waals surface area contributed by atoms with Crippen molar-refractivity contribution < 1.29 is 0 Å². The van der Waals surface area contributed by atoms with Crippen LogP contribution in [0.3, 0.4) is 0 Å². The monoisotopic (exact) mass is 312 g/mol. The van der Waals surface area contributed by atoms with E-state index < -0.39 is 0 Å². The van der Waals surface area contributed by atoms with Crippen LogP contribution in [0.25, 0.3) is 28.9 Å². The second-order valence-corrected chi connectivity index (χ2v) is 5.55. The molecule has 0 saturated carbocycles. The highest BCUT2D eigenvalue weighted by atomic mass is 15.3. The summed E-state index contributed by atoms with van der Waals surface area (Å²) in [6, 6.07) is 18.0. The SMILES string of the molecule is Cc1c(/C=C/c2cnc3ccccc3n2)cnn1-c1ccccc1. The van der Waals surface area contributed by atoms with Gasteiger partial charge in [-0.05, 0) is 43.3 Å². The summed E-state index contributed by atoms with van der Waals surface area (Å²) < 4.78 is 1.94. The highest BCUT2D eigenvalue weighted by Crippen LogP contribution is 2.16. The average molecular weight is 312 g/mol. The molecule has 0 aliphatic heterocycles. The maximum absolute atomic E-state index is 4.61. The maximum atomic E-state index is 4.61. The predicted octanol–water partition coefficient (Wildman–Crippen LogP) is 4.29. The first-order valence-corrected chi connectivity index (χ1v) is 7.81. The summed E-state index contributed by atoms with van der Waals surface area (Å²) in [6.07, 6.45) is 7.66. The highest BCUT2D eigenvalue weighted by molar-refractivity contribution is 5.76. The molecule has 0 atom stereocenters. The molecule has 0 N–H and O–H groups in total. The van der Waals surface area contributed by atoms with Gasteiger partial charge < -0.3 is 0 Å². The summed E-state index contributed by atoms with van der Waals surface area (Å²) in [7, 11) is 0. The van der Waals surface area contributed by atoms with Crippen LogP contribution in [0.15, 0.2) is 67.0 Å². The standard InChI is InChI=1S/C20H16N4/c1-15-16(13-22-24(15)18-7-3-2-4-8-18)11-12-17-14-21-19-9-5-6-10-20(19)23-17/h2-14H,1H3/b12-11+. The lowest BCUT2D eigenvalue weighted by Crippen LogP contribution is -1.98. The van der Waals surface area contributed by atoms with Crippen LogP contribution in [0.1, 0.15) is 17.0 Å². The molecule has 0 spiro atoms. The summed E-state index contributed by atoms with van der Waals surface area (Å²) in [6.45, 7) is 2.06. The van der Waals surface area contributed by atoms with E-state index in [1.54, 1.807) is 6.20 Å². The molecule has 0 saturated heterocycles. The maximum Gasteiger partial charge on any atom is 0.0894 e. The van der Waals surface area contributed by atoms with Crippen molar-refractivity contribution in [3.8, 4) is 5.69 Å². The van der Waals surface area contributed by atoms with Crippen molar-refractivity contribution in [1.29, 1.82) is 0 Å². The molecule has 0 bridgehead atoms. The van der Waals surface area contributed by atoms with Gasteiger partial charge in [-0.25, -0.2) is 9.67 Å². The third kappa shape index (κ3) is 2.70. The molecule has 0 aliphatic carbocycles. The van der Waals surface area contributed by atoms with E-state index in [0.29, 0.717) is 0 Å². The fourth-order valence-corrected chi connectivity index (χ4v) is 2.64. The average Bonchev–Trinajstić information content (AvgIpc) is 3.01. The molecule has 0 amide bonds. The molecule has 4 nitrogen and oxygen atoms in total. The molecule has 24 heavy (non-hydrogen) atoms. The normalized spacial score (nSPS) is 11.4. The van der Waals surface area contributed by atoms with E-state index in [0.717, 1.165) is 33.7 Å². The lowest BCUT2D eigenvalue weighted by Gasteiger charge is -2.03. The van der Waals surface area contributed by atoms with Crippen molar-refractivity contribution in [2.45, 2.75) is 6.92 Å². The van der Waals surface area contributed by atoms with Crippen molar-refractivity contribution in [3.63, 3.8) is 0 Å². The van der Waals surface area contributed by atoms with Gasteiger partial charge in [-0.15, -0.1) is 0 Å². The molecule has 4 aromatic rings. The van der Waals surface area contributed by atoms with Crippen molar-refractivity contribution in [2.24, 2.45) is 0 Å². The molecule has 0 aliphatic rings. The second-order valence-electron chi connectivity index (χ2n) is 5.55. The van der Waals surface area contributed by atoms with Crippen LogP contribution in [0.4, 0.5) is 0 Å². The van der Waals surface area contributed by atoms with E-state index in [1.807, 2.05) is 77.6 Å². The number of nitrogens with zero attached hydrogens (tertiary/aromatic N) is 4. The quantitative estimate of drug-likeness (QED) is 0.566. The first kappa shape index (κ1) is 14.3. The van der Waals surface area contributed by atoms with Gasteiger partial charge in [0.1, 0.15) is 0 Å². The number of hydrogen-bond donors (Lipinski definition) is 0. The molecule has 0 fully saturated rings. The lowest BCUT2D eigenvalue weighted by atomic mass is 10.2. The van der Waals surface area contributed by atoms with E-state index >= 15 is 0 Å². The molecule has 2 aromatic heterocycles. The third-order valence-electron chi connectivity index (χ3n) is 3.95. The molecule has 2 aromatic carbocycles. The Balaban J connectivity index is 1.65. The summed E-state index contributed by atoms with van der Waals surface area (Å²) in [4.78, 5) is 9.04. The van der Waals surface area contributed by atoms with Crippen LogP contribution in [0.5, 0.6) is 0 Å². The van der Waals surface area contributed by atoms with Gasteiger partial charge in [0, 0.05) is 11.3 Å². The van der Waals surface area contributed by atoms with Gasteiger partial charge >= 0.3 is 0 Å². The minimum Gasteiger partial charge on any atom is -0.252 e. The lowest BCUT2D eigenvalue weighted by molar-refractivity contribution is 0.847. The van der Waals surface area contributed by atoms with Gasteiger partial charge in [0.05, 0.1) is 34.8 Å². The Bertz CT molecular complexity index is 1020. The smallest absolute Gasteiger partial charge is 0.0894 e. The summed E-state index contributed by atoms with van der Waals surface area (Å²) in [5, 5.41) is 4.48. The van der Waals surface area contributed by atoms with Crippen molar-refractivity contribution in [1.82, 2.24) is 19.7 Å². The Hall–Kier alpha value is -3.27. The fraction of sp³-hybridized carbons (Fsp3) is 0.0500. The van der Waals surface area contributed by atoms with Crippen LogP contribution in [-0.2, 0) is 0 Å². The van der Waals surface area contributed by atoms with E-state index in [2.05, 4.69) is 22.0 Å². The highest BCUT2D eigenvalue weighted by Gasteiger charge is 2.05. The van der Waals surface area contributed by atoms with Crippen LogP contribution < -0.4 is 0 Å². The molecule has 0 radical (unpaired) electrons. The van der Waals surface area contributed by atoms with Gasteiger partial charge in [-0.3, -0.25) is 4.98 Å². The summed E-state index contributed by atoms with van der Waals surface area (Å²) in [5.74, 6) is 0. The molecular weight excluding hydrogens is 296 g/mol. The first-order chi connectivity index (χ1) is 11.8. The fourth-order valence-electron chi connectivity index (χ4n) is 2.64. The number of para-hydroxylation sites is 3. The third-order valence-corrected chi connectivity index (χ3v) is 3.95. The minimum atomic E-state index is 0.834. The Labute approximate surface area is 140 Å². The summed E-state index contributed by atoms with van der Waals surface area (Å²) in [5.41, 5.74) is 5.85. The van der Waals surface area contributed by atoms with Gasteiger partial charge in [0.2, 0.25) is 0 Å². The Morgan fingerprint density at radius 3 is 2.42 bits per heavy atom. The van der Waals surface area contributed by atoms with Gasteiger partial charge in [-0.1, -0.05) is 30.3 Å². The van der Waals surface area contributed by atoms with E-state index in [-0.39, 0.29) is 0 Å². The van der Waals surface area contributed by atoms with Crippen molar-refractivity contribution >= 4 is 23.2 Å². The van der Waals surface area contributed by atoms with Crippen LogP contribution in [0.2, 0.25) is 0 Å². The van der Waals surface area contributed by atoms with Gasteiger partial charge in [0.25, 0.3) is 0 Å². The van der Waals surface area contributed by atoms with Crippen molar-refractivity contribution in [3.05, 3.63) is 83.9 Å². The zero-order valence-corrected chi connectivity index (χ0v) is 13.3.